The molecule has 0 spiro atoms. The van der Waals surface area contributed by atoms with Crippen molar-refractivity contribution in [3.05, 3.63) is 64.9 Å². The standard InChI is InChI=1S/C18H17N5OS/c1-2-11-25-18-21-17(24)15-12-7-3-4-8-13(12)20-16(23(15)22-18)14-9-5-6-10-19-14/h3-10,16H,2,11H2,1H3,(H,21,22,24)/t16-/m0/s1. The minimum absolute atomic E-state index is 0.156. The van der Waals surface area contributed by atoms with Gasteiger partial charge in [0, 0.05) is 17.2 Å². The number of amidine groups is 1. The van der Waals surface area contributed by atoms with Crippen molar-refractivity contribution in [3.8, 4) is 0 Å². The maximum Gasteiger partial charge on any atom is 0.276 e. The highest BCUT2D eigenvalue weighted by molar-refractivity contribution is 8.13. The van der Waals surface area contributed by atoms with Crippen molar-refractivity contribution in [1.29, 1.82) is 0 Å². The summed E-state index contributed by atoms with van der Waals surface area (Å²) in [5.74, 6) is 0.737. The van der Waals surface area contributed by atoms with Crippen LogP contribution in [0.3, 0.4) is 0 Å². The first-order valence-electron chi connectivity index (χ1n) is 8.18. The first-order valence-corrected chi connectivity index (χ1v) is 9.16. The van der Waals surface area contributed by atoms with Gasteiger partial charge in [0.15, 0.2) is 11.3 Å². The van der Waals surface area contributed by atoms with Crippen molar-refractivity contribution in [3.63, 3.8) is 0 Å². The molecule has 0 saturated heterocycles. The molecule has 4 rings (SSSR count). The molecular formula is C18H17N5OS. The Bertz CT molecular complexity index is 957. The molecule has 2 aliphatic rings. The fourth-order valence-corrected chi connectivity index (χ4v) is 3.52. The van der Waals surface area contributed by atoms with Crippen molar-refractivity contribution < 1.29 is 4.79 Å². The van der Waals surface area contributed by atoms with Crippen LogP contribution in [0.4, 0.5) is 0 Å². The molecule has 1 atom stereocenters. The highest BCUT2D eigenvalue weighted by Gasteiger charge is 2.34. The summed E-state index contributed by atoms with van der Waals surface area (Å²) in [6.45, 7) is 2.10. The van der Waals surface area contributed by atoms with E-state index in [1.54, 1.807) is 11.2 Å². The zero-order valence-corrected chi connectivity index (χ0v) is 14.5. The molecule has 0 bridgehead atoms. The van der Waals surface area contributed by atoms with Gasteiger partial charge in [-0.3, -0.25) is 20.1 Å². The molecule has 0 saturated carbocycles. The van der Waals surface area contributed by atoms with Gasteiger partial charge >= 0.3 is 0 Å². The number of hydrazone groups is 1. The van der Waals surface area contributed by atoms with E-state index in [0.717, 1.165) is 28.4 Å². The van der Waals surface area contributed by atoms with E-state index in [4.69, 9.17) is 4.99 Å². The summed E-state index contributed by atoms with van der Waals surface area (Å²) in [5.41, 5.74) is 1.27. The Morgan fingerprint density at radius 2 is 2.04 bits per heavy atom. The molecule has 126 valence electrons. The zero-order chi connectivity index (χ0) is 17.2. The van der Waals surface area contributed by atoms with Crippen molar-refractivity contribution in [1.82, 2.24) is 15.3 Å². The largest absolute Gasteiger partial charge is 0.298 e. The van der Waals surface area contributed by atoms with Crippen molar-refractivity contribution in [2.45, 2.75) is 19.5 Å². The van der Waals surface area contributed by atoms with E-state index >= 15 is 0 Å². The van der Waals surface area contributed by atoms with Gasteiger partial charge in [0.05, 0.1) is 11.1 Å². The summed E-state index contributed by atoms with van der Waals surface area (Å²) in [7, 11) is 0. The summed E-state index contributed by atoms with van der Waals surface area (Å²) in [4.78, 5) is 22.0. The number of amides is 1. The molecule has 1 amide bonds. The normalized spacial score (nSPS) is 18.7. The summed E-state index contributed by atoms with van der Waals surface area (Å²) in [5, 5.41) is 11.4. The van der Waals surface area contributed by atoms with Gasteiger partial charge in [-0.1, -0.05) is 43.0 Å². The van der Waals surface area contributed by atoms with Gasteiger partial charge in [-0.15, -0.1) is 5.10 Å². The van der Waals surface area contributed by atoms with E-state index in [0.29, 0.717) is 10.9 Å². The molecule has 2 aliphatic heterocycles. The summed E-state index contributed by atoms with van der Waals surface area (Å²) >= 11 is 1.54. The molecular weight excluding hydrogens is 334 g/mol. The molecule has 0 radical (unpaired) electrons. The second kappa shape index (κ2) is 6.68. The average molecular weight is 351 g/mol. The van der Waals surface area contributed by atoms with Crippen LogP contribution in [-0.2, 0) is 4.79 Å². The Labute approximate surface area is 149 Å². The van der Waals surface area contributed by atoms with E-state index in [1.807, 2.05) is 42.5 Å². The van der Waals surface area contributed by atoms with Crippen molar-refractivity contribution in [2.75, 3.05) is 5.75 Å². The second-order valence-electron chi connectivity index (χ2n) is 5.68. The van der Waals surface area contributed by atoms with Gasteiger partial charge in [-0.25, -0.2) is 5.01 Å². The number of nitrogens with one attached hydrogen (secondary N) is 1. The summed E-state index contributed by atoms with van der Waals surface area (Å²) in [6.07, 6.45) is 2.28. The van der Waals surface area contributed by atoms with Gasteiger partial charge < -0.3 is 0 Å². The third-order valence-electron chi connectivity index (χ3n) is 3.91. The van der Waals surface area contributed by atoms with Gasteiger partial charge in [-0.2, -0.15) is 0 Å². The minimum Gasteiger partial charge on any atom is -0.298 e. The molecule has 0 unspecified atom stereocenters. The third kappa shape index (κ3) is 2.91. The molecule has 7 heteroatoms. The number of benzene rings is 1. The van der Waals surface area contributed by atoms with E-state index < -0.39 is 6.17 Å². The van der Waals surface area contributed by atoms with Gasteiger partial charge in [-0.05, 0) is 24.6 Å². The molecule has 1 aromatic heterocycles. The van der Waals surface area contributed by atoms with E-state index in [9.17, 15) is 4.79 Å². The lowest BCUT2D eigenvalue weighted by Crippen LogP contribution is -2.50. The maximum absolute atomic E-state index is 12.8. The predicted octanol–water partition coefficient (Wildman–Crippen LogP) is 1.37. The number of carbonyl (C=O) groups is 1. The Hall–Kier alpha value is -2.67. The lowest BCUT2D eigenvalue weighted by Gasteiger charge is -2.33. The number of nitrogens with zero attached hydrogens (tertiary/aromatic N) is 4. The maximum atomic E-state index is 12.8. The van der Waals surface area contributed by atoms with Gasteiger partial charge in [0.2, 0.25) is 0 Å². The quantitative estimate of drug-likeness (QED) is 0.907. The Morgan fingerprint density at radius 3 is 2.84 bits per heavy atom. The number of pyridine rings is 1. The predicted molar refractivity (Wildman–Crippen MR) is 97.8 cm³/mol. The number of hydrogen-bond donors (Lipinski definition) is 1. The van der Waals surface area contributed by atoms with Gasteiger partial charge in [0.1, 0.15) is 5.70 Å². The van der Waals surface area contributed by atoms with Crippen LogP contribution in [0, 0.1) is 0 Å². The van der Waals surface area contributed by atoms with Crippen LogP contribution in [0.25, 0.3) is 5.70 Å². The fraction of sp³-hybridized carbons (Fsp3) is 0.222. The number of para-hydroxylation sites is 1. The smallest absolute Gasteiger partial charge is 0.276 e. The summed E-state index contributed by atoms with van der Waals surface area (Å²) in [6, 6.07) is 13.3. The van der Waals surface area contributed by atoms with Crippen LogP contribution in [0.2, 0.25) is 0 Å². The fourth-order valence-electron chi connectivity index (χ4n) is 2.81. The Kier molecular flexibility index (Phi) is 4.23. The Balaban J connectivity index is 1.90. The lowest BCUT2D eigenvalue weighted by atomic mass is 10.1. The molecule has 2 aromatic rings. The number of fused-ring (bicyclic) bond motifs is 2. The van der Waals surface area contributed by atoms with Crippen LogP contribution in [0.5, 0.6) is 0 Å². The zero-order valence-electron chi connectivity index (χ0n) is 13.7. The molecule has 0 fully saturated rings. The number of aromatic nitrogens is 1. The van der Waals surface area contributed by atoms with Crippen LogP contribution in [0.15, 0.2) is 58.8 Å². The van der Waals surface area contributed by atoms with Crippen LogP contribution < -0.4 is 15.9 Å². The molecule has 1 N–H and O–H groups in total. The number of thioether (sulfide) groups is 1. The Morgan fingerprint density at radius 1 is 1.20 bits per heavy atom. The SMILES string of the molecule is CCCSC1=NN2C(=c3ccccc3=N[C@@H]2c2ccccn2)C(=O)N1. The third-order valence-corrected chi connectivity index (χ3v) is 4.98. The lowest BCUT2D eigenvalue weighted by molar-refractivity contribution is -0.116. The van der Waals surface area contributed by atoms with Crippen molar-refractivity contribution >= 4 is 28.5 Å². The number of hydrogen-bond acceptors (Lipinski definition) is 6. The van der Waals surface area contributed by atoms with E-state index in [2.05, 4.69) is 22.3 Å². The van der Waals surface area contributed by atoms with Crippen molar-refractivity contribution in [2.24, 2.45) is 10.1 Å². The topological polar surface area (TPSA) is 70.0 Å². The van der Waals surface area contributed by atoms with Crippen LogP contribution in [-0.4, -0.2) is 26.8 Å². The first kappa shape index (κ1) is 15.8. The van der Waals surface area contributed by atoms with Gasteiger partial charge in [0.25, 0.3) is 5.91 Å². The molecule has 3 heterocycles. The highest BCUT2D eigenvalue weighted by Crippen LogP contribution is 2.29. The van der Waals surface area contributed by atoms with Crippen LogP contribution >= 0.6 is 11.8 Å². The van der Waals surface area contributed by atoms with Crippen LogP contribution in [0.1, 0.15) is 25.2 Å². The molecule has 25 heavy (non-hydrogen) atoms. The average Bonchev–Trinajstić information content (AvgIpc) is 2.66. The van der Waals surface area contributed by atoms with E-state index in [-0.39, 0.29) is 5.91 Å². The molecule has 0 aliphatic carbocycles. The minimum atomic E-state index is -0.450. The van der Waals surface area contributed by atoms with E-state index in [1.165, 1.54) is 11.8 Å². The molecule has 6 nitrogen and oxygen atoms in total. The number of carbonyl (C=O) groups excluding carboxylic acids is 1. The summed E-state index contributed by atoms with van der Waals surface area (Å²) < 4.78 is 0. The highest BCUT2D eigenvalue weighted by atomic mass is 32.2. The molecule has 1 aromatic carbocycles. The number of rotatable bonds is 3. The first-order chi connectivity index (χ1) is 12.3. The monoisotopic (exact) mass is 351 g/mol. The second-order valence-corrected chi connectivity index (χ2v) is 6.76.